The monoisotopic (exact) mass is 417 g/mol. The van der Waals surface area contributed by atoms with E-state index in [1.165, 1.54) is 0 Å². The van der Waals surface area contributed by atoms with E-state index in [9.17, 15) is 19.5 Å². The molecular weight excluding hydrogens is 382 g/mol. The molecule has 0 aromatic carbocycles. The number of rotatable bonds is 6. The number of aliphatic imine (C=N–C) groups is 1. The molecule has 0 radical (unpaired) electrons. The van der Waals surface area contributed by atoms with Gasteiger partial charge in [-0.15, -0.1) is 0 Å². The third-order valence-corrected chi connectivity index (χ3v) is 5.85. The summed E-state index contributed by atoms with van der Waals surface area (Å²) in [4.78, 5) is 42.0. The van der Waals surface area contributed by atoms with Crippen molar-refractivity contribution in [1.29, 1.82) is 0 Å². The lowest BCUT2D eigenvalue weighted by atomic mass is 9.82. The van der Waals surface area contributed by atoms with Crippen molar-refractivity contribution >= 4 is 24.0 Å². The zero-order chi connectivity index (χ0) is 22.3. The van der Waals surface area contributed by atoms with Crippen molar-refractivity contribution < 1.29 is 19.5 Å². The van der Waals surface area contributed by atoms with Crippen LogP contribution in [0.5, 0.6) is 0 Å². The summed E-state index contributed by atoms with van der Waals surface area (Å²) in [6, 6.07) is -1.79. The average molecular weight is 418 g/mol. The Labute approximate surface area is 179 Å². The summed E-state index contributed by atoms with van der Waals surface area (Å²) in [5.74, 6) is -1.82. The number of aliphatic carboxylic acids is 1. The Morgan fingerprint density at radius 1 is 1.10 bits per heavy atom. The Balaban J connectivity index is 2.19. The summed E-state index contributed by atoms with van der Waals surface area (Å²) >= 11 is 0. The Morgan fingerprint density at radius 3 is 2.37 bits per heavy atom. The van der Waals surface area contributed by atoms with Gasteiger partial charge in [-0.1, -0.05) is 45.6 Å². The molecule has 1 saturated carbocycles. The van der Waals surface area contributed by atoms with Gasteiger partial charge in [0.15, 0.2) is 0 Å². The highest BCUT2D eigenvalue weighted by Gasteiger charge is 2.37. The van der Waals surface area contributed by atoms with Crippen molar-refractivity contribution in [2.75, 3.05) is 0 Å². The number of carboxylic acid groups (broad SMARTS) is 1. The fourth-order valence-electron chi connectivity index (χ4n) is 3.93. The molecule has 1 aliphatic heterocycles. The number of amides is 2. The molecule has 1 heterocycles. The summed E-state index contributed by atoms with van der Waals surface area (Å²) in [6.07, 6.45) is 11.2. The van der Waals surface area contributed by atoms with Gasteiger partial charge in [-0.3, -0.25) is 14.6 Å². The summed E-state index contributed by atoms with van der Waals surface area (Å²) in [6.45, 7) is 7.30. The van der Waals surface area contributed by atoms with Crippen LogP contribution in [0.3, 0.4) is 0 Å². The zero-order valence-corrected chi connectivity index (χ0v) is 18.5. The molecule has 2 aliphatic rings. The summed E-state index contributed by atoms with van der Waals surface area (Å²) in [5.41, 5.74) is 1.01. The first-order valence-electron chi connectivity index (χ1n) is 10.8. The molecule has 7 nitrogen and oxygen atoms in total. The van der Waals surface area contributed by atoms with E-state index in [0.717, 1.165) is 44.1 Å². The van der Waals surface area contributed by atoms with Crippen molar-refractivity contribution in [2.45, 2.75) is 84.7 Å². The minimum absolute atomic E-state index is 0.00333. The smallest absolute Gasteiger partial charge is 0.326 e. The Hall–Kier alpha value is -2.44. The van der Waals surface area contributed by atoms with Crippen molar-refractivity contribution in [2.24, 2.45) is 16.3 Å². The summed E-state index contributed by atoms with van der Waals surface area (Å²) < 4.78 is 0. The summed E-state index contributed by atoms with van der Waals surface area (Å²) in [5, 5.41) is 15.2. The number of hydrogen-bond donors (Lipinski definition) is 3. The quantitative estimate of drug-likeness (QED) is 0.616. The second-order valence-corrected chi connectivity index (χ2v) is 9.46. The topological polar surface area (TPSA) is 108 Å². The first-order chi connectivity index (χ1) is 14.1. The maximum absolute atomic E-state index is 13.1. The van der Waals surface area contributed by atoms with Gasteiger partial charge in [-0.25, -0.2) is 4.79 Å². The lowest BCUT2D eigenvalue weighted by Crippen LogP contribution is -2.57. The van der Waals surface area contributed by atoms with E-state index in [-0.39, 0.29) is 11.8 Å². The van der Waals surface area contributed by atoms with Crippen molar-refractivity contribution in [3.05, 3.63) is 23.4 Å². The first-order valence-corrected chi connectivity index (χ1v) is 10.8. The van der Waals surface area contributed by atoms with Gasteiger partial charge in [0.2, 0.25) is 11.8 Å². The van der Waals surface area contributed by atoms with E-state index in [2.05, 4.69) is 15.6 Å². The third-order valence-electron chi connectivity index (χ3n) is 5.85. The van der Waals surface area contributed by atoms with Gasteiger partial charge in [0, 0.05) is 18.0 Å². The SMILES string of the molecule is CC1=CC=NC=C(C(=O)NC(C(=O)NC(C(=O)O)C(C)(C)C)C2CCCCC2)CC1. The molecule has 166 valence electrons. The highest BCUT2D eigenvalue weighted by Crippen LogP contribution is 2.28. The predicted octanol–water partition coefficient (Wildman–Crippen LogP) is 3.36. The molecule has 0 aromatic rings. The Kier molecular flexibility index (Phi) is 8.38. The molecule has 0 bridgehead atoms. The molecule has 30 heavy (non-hydrogen) atoms. The van der Waals surface area contributed by atoms with Crippen LogP contribution in [0.4, 0.5) is 0 Å². The molecule has 0 saturated heterocycles. The fraction of sp³-hybridized carbons (Fsp3) is 0.652. The molecule has 7 heteroatoms. The van der Waals surface area contributed by atoms with Crippen LogP contribution >= 0.6 is 0 Å². The minimum Gasteiger partial charge on any atom is -0.480 e. The van der Waals surface area contributed by atoms with E-state index in [1.54, 1.807) is 33.2 Å². The molecule has 2 unspecified atom stereocenters. The number of hydrogen-bond acceptors (Lipinski definition) is 4. The lowest BCUT2D eigenvalue weighted by molar-refractivity contribution is -0.145. The van der Waals surface area contributed by atoms with E-state index in [0.29, 0.717) is 12.0 Å². The highest BCUT2D eigenvalue weighted by atomic mass is 16.4. The second kappa shape index (κ2) is 10.5. The first kappa shape index (κ1) is 23.8. The fourth-order valence-corrected chi connectivity index (χ4v) is 3.93. The molecule has 2 rings (SSSR count). The van der Waals surface area contributed by atoms with Gasteiger partial charge in [-0.05, 0) is 50.0 Å². The number of carboxylic acids is 1. The van der Waals surface area contributed by atoms with Gasteiger partial charge in [0.1, 0.15) is 12.1 Å². The van der Waals surface area contributed by atoms with Crippen LogP contribution in [-0.4, -0.2) is 41.2 Å². The van der Waals surface area contributed by atoms with Gasteiger partial charge in [0.05, 0.1) is 0 Å². The van der Waals surface area contributed by atoms with Crippen LogP contribution in [0, 0.1) is 11.3 Å². The van der Waals surface area contributed by atoms with Gasteiger partial charge in [0.25, 0.3) is 0 Å². The Morgan fingerprint density at radius 2 is 1.77 bits per heavy atom. The van der Waals surface area contributed by atoms with E-state index < -0.39 is 29.4 Å². The number of allylic oxidation sites excluding steroid dienone is 2. The Bertz CT molecular complexity index is 740. The lowest BCUT2D eigenvalue weighted by Gasteiger charge is -2.33. The van der Waals surface area contributed by atoms with Gasteiger partial charge < -0.3 is 15.7 Å². The van der Waals surface area contributed by atoms with E-state index >= 15 is 0 Å². The molecule has 2 amide bonds. The molecule has 1 aliphatic carbocycles. The minimum atomic E-state index is -1.08. The number of nitrogens with one attached hydrogen (secondary N) is 2. The number of nitrogens with zero attached hydrogens (tertiary/aromatic N) is 1. The van der Waals surface area contributed by atoms with Crippen molar-refractivity contribution in [3.63, 3.8) is 0 Å². The van der Waals surface area contributed by atoms with Gasteiger partial charge in [-0.2, -0.15) is 0 Å². The van der Waals surface area contributed by atoms with Crippen LogP contribution < -0.4 is 10.6 Å². The molecular formula is C23H35N3O4. The summed E-state index contributed by atoms with van der Waals surface area (Å²) in [7, 11) is 0. The number of carbonyl (C=O) groups excluding carboxylic acids is 2. The largest absolute Gasteiger partial charge is 0.480 e. The maximum atomic E-state index is 13.1. The van der Waals surface area contributed by atoms with E-state index in [4.69, 9.17) is 0 Å². The zero-order valence-electron chi connectivity index (χ0n) is 18.5. The van der Waals surface area contributed by atoms with Crippen molar-refractivity contribution in [1.82, 2.24) is 10.6 Å². The third kappa shape index (κ3) is 6.82. The molecule has 2 atom stereocenters. The van der Waals surface area contributed by atoms with Crippen LogP contribution in [0.1, 0.15) is 72.6 Å². The molecule has 0 spiro atoms. The van der Waals surface area contributed by atoms with Crippen LogP contribution in [0.2, 0.25) is 0 Å². The standard InChI is InChI=1S/C23H35N3O4/c1-15-10-11-17(14-24-13-12-15)20(27)25-18(16-8-6-5-7-9-16)21(28)26-19(22(29)30)23(2,3)4/h12-14,16,18-19H,5-11H2,1-4H3,(H,25,27)(H,26,28)(H,29,30). The average Bonchev–Trinajstić information content (AvgIpc) is 2.66. The normalized spacial score (nSPS) is 20.1. The maximum Gasteiger partial charge on any atom is 0.326 e. The molecule has 1 fully saturated rings. The van der Waals surface area contributed by atoms with E-state index in [1.807, 2.05) is 13.0 Å². The van der Waals surface area contributed by atoms with Crippen molar-refractivity contribution in [3.8, 4) is 0 Å². The second-order valence-electron chi connectivity index (χ2n) is 9.46. The van der Waals surface area contributed by atoms with Crippen LogP contribution in [-0.2, 0) is 14.4 Å². The van der Waals surface area contributed by atoms with Gasteiger partial charge >= 0.3 is 5.97 Å². The predicted molar refractivity (Wildman–Crippen MR) is 117 cm³/mol. The molecule has 0 aromatic heterocycles. The highest BCUT2D eigenvalue weighted by molar-refractivity contribution is 5.98. The van der Waals surface area contributed by atoms with Crippen LogP contribution in [0.15, 0.2) is 28.4 Å². The number of carbonyl (C=O) groups is 3. The molecule has 3 N–H and O–H groups in total. The van der Waals surface area contributed by atoms with Crippen LogP contribution in [0.25, 0.3) is 0 Å².